The number of H-pyrrole nitrogens is 4. The van der Waals surface area contributed by atoms with E-state index < -0.39 is 47.9 Å². The Morgan fingerprint density at radius 1 is 0.430 bits per heavy atom. The Morgan fingerprint density at radius 2 is 0.774 bits per heavy atom. The van der Waals surface area contributed by atoms with Crippen LogP contribution in [0.1, 0.15) is 83.5 Å². The fraction of sp³-hybridized carbons (Fsp3) is 0.306. The second-order valence-corrected chi connectivity index (χ2v) is 24.1. The number of para-hydroxylation sites is 4. The van der Waals surface area contributed by atoms with Crippen LogP contribution in [0, 0.1) is 11.8 Å². The summed E-state index contributed by atoms with van der Waals surface area (Å²) >= 11 is 0. The number of rotatable bonds is 34. The smallest absolute Gasteiger partial charge is 0.326 e. The lowest BCUT2D eigenvalue weighted by Gasteiger charge is -2.21. The lowest BCUT2D eigenvalue weighted by molar-refractivity contribution is -0.140. The topological polar surface area (TPSA) is 306 Å². The first-order valence-corrected chi connectivity index (χ1v) is 31.5. The molecule has 4 heterocycles. The molecule has 21 heteroatoms. The van der Waals surface area contributed by atoms with Crippen molar-refractivity contribution >= 4 is 90.6 Å². The highest BCUT2D eigenvalue weighted by Gasteiger charge is 2.28. The van der Waals surface area contributed by atoms with Gasteiger partial charge < -0.3 is 76.3 Å². The number of aliphatic carboxylic acids is 2. The van der Waals surface area contributed by atoms with Crippen LogP contribution in [0.25, 0.3) is 43.6 Å². The molecule has 10 rings (SSSR count). The van der Waals surface area contributed by atoms with Gasteiger partial charge in [0.1, 0.15) is 23.6 Å². The Balaban J connectivity index is 0.825. The zero-order chi connectivity index (χ0) is 65.4. The van der Waals surface area contributed by atoms with Gasteiger partial charge in [0, 0.05) is 105 Å². The van der Waals surface area contributed by atoms with Crippen LogP contribution >= 0.6 is 0 Å². The monoisotopic (exact) mass is 1260 g/mol. The molecule has 0 aliphatic rings. The molecule has 484 valence electrons. The van der Waals surface area contributed by atoms with E-state index in [0.29, 0.717) is 24.2 Å². The quantitative estimate of drug-likeness (QED) is 0.0167. The van der Waals surface area contributed by atoms with Crippen molar-refractivity contribution in [1.29, 1.82) is 0 Å². The highest BCUT2D eigenvalue weighted by Crippen LogP contribution is 2.31. The summed E-state index contributed by atoms with van der Waals surface area (Å²) < 4.78 is 19.0. The largest absolute Gasteiger partial charge is 0.491 e. The molecule has 4 atom stereocenters. The Labute approximate surface area is 538 Å². The summed E-state index contributed by atoms with van der Waals surface area (Å²) in [6.45, 7) is 8.77. The van der Waals surface area contributed by atoms with Crippen molar-refractivity contribution in [2.75, 3.05) is 50.2 Å². The van der Waals surface area contributed by atoms with Gasteiger partial charge in [0.2, 0.25) is 11.8 Å². The minimum Gasteiger partial charge on any atom is -0.491 e. The summed E-state index contributed by atoms with van der Waals surface area (Å²) in [6, 6.07) is 36.9. The maximum Gasteiger partial charge on any atom is 0.326 e. The molecule has 6 aromatic carbocycles. The molecule has 10 aromatic rings. The van der Waals surface area contributed by atoms with E-state index >= 15 is 0 Å². The standard InChI is InChI=1S/C72H80N10O11/c1-43(2)33-63(71(87)88)81-67(83)45-21-23-59(65(37-45)92-29-25-47-39-75-55-17-9-5-13-51(47)55)79-69(85)61(35-49-41-77-57-19-11-7-15-53(49)57)73-27-31-91-32-28-74-62(36-50-42-78-58-20-12-8-16-54(50)58)70(86)80-60-24-22-46(68(84)82-64(72(89)90)34-44(3)4)38-66(60)93-30-26-48-40-76-56-18-10-6-14-52(48)56/h5-24,37-44,61-64,73-78H,25-36H2,1-4H3,(H,79,85)(H,80,86)(H,81,83)(H,82,84)(H,87,88)(H,89,90)/t61-,62-,63-,64-/m0/s1. The molecule has 93 heavy (non-hydrogen) atoms. The first-order chi connectivity index (χ1) is 45.0. The molecule has 0 aliphatic carbocycles. The van der Waals surface area contributed by atoms with E-state index in [0.717, 1.165) is 65.9 Å². The van der Waals surface area contributed by atoms with E-state index in [1.807, 2.05) is 150 Å². The highest BCUT2D eigenvalue weighted by molar-refractivity contribution is 6.02. The van der Waals surface area contributed by atoms with Crippen LogP contribution in [0.15, 0.2) is 158 Å². The number of carbonyl (C=O) groups is 6. The van der Waals surface area contributed by atoms with Gasteiger partial charge in [0.15, 0.2) is 0 Å². The van der Waals surface area contributed by atoms with E-state index in [9.17, 15) is 39.0 Å². The maximum atomic E-state index is 14.7. The van der Waals surface area contributed by atoms with Crippen LogP contribution in [-0.4, -0.2) is 129 Å². The second kappa shape index (κ2) is 31.2. The lowest BCUT2D eigenvalue weighted by Crippen LogP contribution is -2.44. The van der Waals surface area contributed by atoms with Gasteiger partial charge in [-0.25, -0.2) is 9.59 Å². The molecule has 0 saturated carbocycles. The van der Waals surface area contributed by atoms with Gasteiger partial charge in [-0.2, -0.15) is 0 Å². The molecule has 12 N–H and O–H groups in total. The van der Waals surface area contributed by atoms with E-state index in [4.69, 9.17) is 14.2 Å². The van der Waals surface area contributed by atoms with Crippen molar-refractivity contribution in [3.8, 4) is 11.5 Å². The van der Waals surface area contributed by atoms with Crippen molar-refractivity contribution in [3.63, 3.8) is 0 Å². The summed E-state index contributed by atoms with van der Waals surface area (Å²) in [5.74, 6) is -3.78. The van der Waals surface area contributed by atoms with Crippen molar-refractivity contribution in [2.45, 2.75) is 90.4 Å². The minimum absolute atomic E-state index is 0.00788. The predicted molar refractivity (Wildman–Crippen MR) is 360 cm³/mol. The van der Waals surface area contributed by atoms with Crippen LogP contribution in [0.2, 0.25) is 0 Å². The first kappa shape index (κ1) is 65.7. The number of carboxylic acid groups (broad SMARTS) is 2. The molecule has 0 bridgehead atoms. The SMILES string of the molecule is CC(C)C[C@H](NC(=O)c1ccc(NC(=O)[C@H](Cc2c[nH]c3ccccc23)NCCOCCN[C@@H](Cc2c[nH]c3ccccc23)C(=O)Nc2ccc(C(=O)N[C@@H](CC(C)C)C(=O)O)cc2OCCc2c[nH]c3ccccc23)c(OCCc2c[nH]c3ccccc23)c1)C(=O)O. The predicted octanol–water partition coefficient (Wildman–Crippen LogP) is 10.3. The summed E-state index contributed by atoms with van der Waals surface area (Å²) in [5.41, 5.74) is 8.57. The van der Waals surface area contributed by atoms with Gasteiger partial charge in [-0.1, -0.05) is 100 Å². The number of nitrogens with one attached hydrogen (secondary N) is 10. The van der Waals surface area contributed by atoms with Gasteiger partial charge in [0.05, 0.1) is 49.9 Å². The fourth-order valence-electron chi connectivity index (χ4n) is 11.6. The van der Waals surface area contributed by atoms with Crippen molar-refractivity contribution < 1.29 is 53.2 Å². The van der Waals surface area contributed by atoms with Crippen LogP contribution in [0.5, 0.6) is 11.5 Å². The first-order valence-electron chi connectivity index (χ1n) is 31.5. The molecule has 0 fully saturated rings. The van der Waals surface area contributed by atoms with Gasteiger partial charge in [-0.05, 0) is 120 Å². The third-order valence-corrected chi connectivity index (χ3v) is 16.3. The van der Waals surface area contributed by atoms with E-state index in [2.05, 4.69) is 51.8 Å². The van der Waals surface area contributed by atoms with Gasteiger partial charge in [-0.3, -0.25) is 19.2 Å². The van der Waals surface area contributed by atoms with Crippen LogP contribution in [-0.2, 0) is 49.6 Å². The molecule has 4 amide bonds. The number of hydrogen-bond donors (Lipinski definition) is 12. The number of benzene rings is 6. The Morgan fingerprint density at radius 3 is 1.13 bits per heavy atom. The van der Waals surface area contributed by atoms with E-state index in [-0.39, 0.29) is 111 Å². The maximum absolute atomic E-state index is 14.7. The summed E-state index contributed by atoms with van der Waals surface area (Å²) in [5, 5.41) is 42.1. The Bertz CT molecular complexity index is 3970. The third-order valence-electron chi connectivity index (χ3n) is 16.3. The molecule has 0 radical (unpaired) electrons. The Kier molecular flexibility index (Phi) is 22.1. The van der Waals surface area contributed by atoms with Gasteiger partial charge >= 0.3 is 11.9 Å². The second-order valence-electron chi connectivity index (χ2n) is 24.1. The van der Waals surface area contributed by atoms with Gasteiger partial charge in [0.25, 0.3) is 11.8 Å². The average molecular weight is 1260 g/mol. The third kappa shape index (κ3) is 17.2. The molecular formula is C72H80N10O11. The summed E-state index contributed by atoms with van der Waals surface area (Å²) in [6.07, 6.45) is 9.65. The zero-order valence-corrected chi connectivity index (χ0v) is 52.5. The minimum atomic E-state index is -1.14. The molecule has 0 saturated heterocycles. The number of aromatic amines is 4. The number of anilines is 2. The zero-order valence-electron chi connectivity index (χ0n) is 52.5. The lowest BCUT2D eigenvalue weighted by atomic mass is 10.0. The molecule has 4 aromatic heterocycles. The van der Waals surface area contributed by atoms with Crippen LogP contribution in [0.3, 0.4) is 0 Å². The number of fused-ring (bicyclic) bond motifs is 4. The van der Waals surface area contributed by atoms with Crippen LogP contribution < -0.4 is 41.4 Å². The number of carbonyl (C=O) groups excluding carboxylic acids is 4. The number of ether oxygens (including phenoxy) is 3. The number of carboxylic acids is 2. The molecule has 0 unspecified atom stereocenters. The normalized spacial score (nSPS) is 12.9. The molecular weight excluding hydrogens is 1180 g/mol. The van der Waals surface area contributed by atoms with Crippen molar-refractivity contribution in [3.05, 3.63) is 192 Å². The number of aromatic nitrogens is 4. The molecule has 0 spiro atoms. The average Bonchev–Trinajstić information content (AvgIpc) is 1.89. The summed E-state index contributed by atoms with van der Waals surface area (Å²) in [7, 11) is 0. The van der Waals surface area contributed by atoms with Gasteiger partial charge in [-0.15, -0.1) is 0 Å². The van der Waals surface area contributed by atoms with Crippen LogP contribution in [0.4, 0.5) is 11.4 Å². The fourth-order valence-corrected chi connectivity index (χ4v) is 11.6. The van der Waals surface area contributed by atoms with E-state index in [1.54, 1.807) is 12.1 Å². The molecule has 0 aliphatic heterocycles. The van der Waals surface area contributed by atoms with E-state index in [1.165, 1.54) is 24.3 Å². The number of hydrogen-bond acceptors (Lipinski definition) is 11. The molecule has 21 nitrogen and oxygen atoms in total. The van der Waals surface area contributed by atoms with Crippen molar-refractivity contribution in [1.82, 2.24) is 41.2 Å². The summed E-state index contributed by atoms with van der Waals surface area (Å²) in [4.78, 5) is 94.2. The Hall–Kier alpha value is -10.2. The highest BCUT2D eigenvalue weighted by atomic mass is 16.5. The number of amides is 4. The van der Waals surface area contributed by atoms with Crippen molar-refractivity contribution in [2.24, 2.45) is 11.8 Å².